The molecular weight excluding hydrogens is 528 g/mol. The molecule has 43 heavy (non-hydrogen) atoms. The maximum absolute atomic E-state index is 6.95. The molecule has 10 rings (SSSR count). The van der Waals surface area contributed by atoms with Gasteiger partial charge in [-0.1, -0.05) is 97.1 Å². The van der Waals surface area contributed by atoms with Crippen LogP contribution in [0.3, 0.4) is 0 Å². The molecule has 0 saturated carbocycles. The number of fused-ring (bicyclic) bond motifs is 11. The Morgan fingerprint density at radius 3 is 2.14 bits per heavy atom. The van der Waals surface area contributed by atoms with Crippen LogP contribution in [0.5, 0.6) is 0 Å². The summed E-state index contributed by atoms with van der Waals surface area (Å²) in [5.74, 6) is 0.591. The SMILES string of the molecule is c1ccc2c(c1)cc(-c1nc3ccccc3o1)c1c3cccc(-n4c5ccccc5c5c6ccccc6ccc54)c3oc21. The molecule has 0 atom stereocenters. The molecular formula is C39H22N2O2. The summed E-state index contributed by atoms with van der Waals surface area (Å²) in [5.41, 5.74) is 7.50. The molecule has 0 amide bonds. The van der Waals surface area contributed by atoms with E-state index in [1.807, 2.05) is 24.3 Å². The van der Waals surface area contributed by atoms with Crippen molar-refractivity contribution < 1.29 is 8.83 Å². The van der Waals surface area contributed by atoms with Gasteiger partial charge >= 0.3 is 0 Å². The standard InChI is InChI=1S/C39H22N2O2/c1-3-12-25-23(10-1)20-21-32-35(25)27-14-5-7-17-31(27)41(32)33-18-9-15-28-36-29(39-40-30-16-6-8-19-34(30)42-39)22-24-11-2-4-13-26(24)38(36)43-37(28)33/h1-22H. The quantitative estimate of drug-likeness (QED) is 0.215. The third-order valence-corrected chi connectivity index (χ3v) is 8.80. The molecule has 0 saturated heterocycles. The summed E-state index contributed by atoms with van der Waals surface area (Å²) in [7, 11) is 0. The third-order valence-electron chi connectivity index (χ3n) is 8.80. The largest absolute Gasteiger partial charge is 0.453 e. The van der Waals surface area contributed by atoms with Crippen LogP contribution in [0.25, 0.3) is 93.5 Å². The molecule has 10 aromatic rings. The maximum Gasteiger partial charge on any atom is 0.228 e. The highest BCUT2D eigenvalue weighted by molar-refractivity contribution is 6.24. The lowest BCUT2D eigenvalue weighted by atomic mass is 10.00. The van der Waals surface area contributed by atoms with Crippen molar-refractivity contribution >= 4 is 76.4 Å². The van der Waals surface area contributed by atoms with Gasteiger partial charge in [0.05, 0.1) is 16.7 Å². The topological polar surface area (TPSA) is 44.1 Å². The van der Waals surface area contributed by atoms with Crippen molar-refractivity contribution in [2.45, 2.75) is 0 Å². The van der Waals surface area contributed by atoms with E-state index in [9.17, 15) is 0 Å². The first-order valence-corrected chi connectivity index (χ1v) is 14.5. The fourth-order valence-electron chi connectivity index (χ4n) is 6.95. The van der Waals surface area contributed by atoms with Gasteiger partial charge in [-0.2, -0.15) is 0 Å². The van der Waals surface area contributed by atoms with E-state index in [2.05, 4.69) is 114 Å². The summed E-state index contributed by atoms with van der Waals surface area (Å²) >= 11 is 0. The molecule has 4 heteroatoms. The summed E-state index contributed by atoms with van der Waals surface area (Å²) < 4.78 is 15.6. The number of oxazole rings is 1. The molecule has 0 aliphatic carbocycles. The van der Waals surface area contributed by atoms with Gasteiger partial charge in [0.1, 0.15) is 11.1 Å². The zero-order chi connectivity index (χ0) is 28.1. The first-order valence-electron chi connectivity index (χ1n) is 14.5. The number of rotatable bonds is 2. The van der Waals surface area contributed by atoms with E-state index in [4.69, 9.17) is 13.8 Å². The highest BCUT2D eigenvalue weighted by Crippen LogP contribution is 2.45. The Hall–Kier alpha value is -5.87. The highest BCUT2D eigenvalue weighted by atomic mass is 16.3. The summed E-state index contributed by atoms with van der Waals surface area (Å²) in [5, 5.41) is 9.13. The first kappa shape index (κ1) is 22.8. The highest BCUT2D eigenvalue weighted by Gasteiger charge is 2.23. The number of nitrogens with zero attached hydrogens (tertiary/aromatic N) is 2. The average Bonchev–Trinajstić information content (AvgIpc) is 3.76. The van der Waals surface area contributed by atoms with E-state index in [1.54, 1.807) is 0 Å². The lowest BCUT2D eigenvalue weighted by molar-refractivity contribution is 0.620. The fourth-order valence-corrected chi connectivity index (χ4v) is 6.95. The Morgan fingerprint density at radius 1 is 0.488 bits per heavy atom. The van der Waals surface area contributed by atoms with Crippen LogP contribution in [0.15, 0.2) is 142 Å². The first-order chi connectivity index (χ1) is 21.3. The van der Waals surface area contributed by atoms with E-state index in [0.717, 1.165) is 66.1 Å². The molecule has 0 radical (unpaired) electrons. The summed E-state index contributed by atoms with van der Waals surface area (Å²) in [6.45, 7) is 0. The van der Waals surface area contributed by atoms with Crippen LogP contribution in [0.4, 0.5) is 0 Å². The Balaban J connectivity index is 1.37. The zero-order valence-corrected chi connectivity index (χ0v) is 22.9. The molecule has 0 spiro atoms. The van der Waals surface area contributed by atoms with Crippen molar-refractivity contribution in [2.24, 2.45) is 0 Å². The Labute approximate surface area is 245 Å². The third kappa shape index (κ3) is 3.07. The van der Waals surface area contributed by atoms with E-state index in [-0.39, 0.29) is 0 Å². The van der Waals surface area contributed by atoms with Gasteiger partial charge in [-0.3, -0.25) is 0 Å². The van der Waals surface area contributed by atoms with Crippen LogP contribution in [0, 0.1) is 0 Å². The summed E-state index contributed by atoms with van der Waals surface area (Å²) in [6, 6.07) is 46.6. The number of benzene rings is 7. The van der Waals surface area contributed by atoms with Gasteiger partial charge in [-0.25, -0.2) is 4.98 Å². The maximum atomic E-state index is 6.95. The van der Waals surface area contributed by atoms with Gasteiger partial charge in [0, 0.05) is 32.5 Å². The fraction of sp³-hybridized carbons (Fsp3) is 0. The minimum Gasteiger partial charge on any atom is -0.453 e. The molecule has 200 valence electrons. The molecule has 4 nitrogen and oxygen atoms in total. The Morgan fingerprint density at radius 2 is 1.23 bits per heavy atom. The second-order valence-electron chi connectivity index (χ2n) is 11.1. The van der Waals surface area contributed by atoms with Crippen molar-refractivity contribution in [2.75, 3.05) is 0 Å². The Kier molecular flexibility index (Phi) is 4.42. The molecule has 7 aromatic carbocycles. The second-order valence-corrected chi connectivity index (χ2v) is 11.1. The summed E-state index contributed by atoms with van der Waals surface area (Å²) in [6.07, 6.45) is 0. The van der Waals surface area contributed by atoms with E-state index in [0.29, 0.717) is 5.89 Å². The van der Waals surface area contributed by atoms with Gasteiger partial charge in [0.15, 0.2) is 11.2 Å². The monoisotopic (exact) mass is 550 g/mol. The predicted octanol–water partition coefficient (Wildman–Crippen LogP) is 10.8. The number of furan rings is 1. The van der Waals surface area contributed by atoms with Crippen LogP contribution in [0.1, 0.15) is 0 Å². The van der Waals surface area contributed by atoms with Gasteiger partial charge in [0.25, 0.3) is 0 Å². The van der Waals surface area contributed by atoms with Crippen molar-refractivity contribution in [3.05, 3.63) is 133 Å². The minimum atomic E-state index is 0.591. The molecule has 0 unspecified atom stereocenters. The van der Waals surface area contributed by atoms with E-state index >= 15 is 0 Å². The van der Waals surface area contributed by atoms with Crippen molar-refractivity contribution in [1.29, 1.82) is 0 Å². The van der Waals surface area contributed by atoms with Crippen LogP contribution in [-0.2, 0) is 0 Å². The number of aromatic nitrogens is 2. The molecule has 0 aliphatic heterocycles. The van der Waals surface area contributed by atoms with Gasteiger partial charge in [-0.05, 0) is 52.6 Å². The van der Waals surface area contributed by atoms with E-state index < -0.39 is 0 Å². The Bertz CT molecular complexity index is 2710. The molecule has 3 aromatic heterocycles. The molecule has 0 N–H and O–H groups in total. The molecule has 0 bridgehead atoms. The van der Waals surface area contributed by atoms with Gasteiger partial charge in [0.2, 0.25) is 5.89 Å². The molecule has 3 heterocycles. The van der Waals surface area contributed by atoms with Crippen LogP contribution in [-0.4, -0.2) is 9.55 Å². The lowest BCUT2D eigenvalue weighted by Gasteiger charge is -2.09. The second kappa shape index (κ2) is 8.34. The minimum absolute atomic E-state index is 0.591. The average molecular weight is 551 g/mol. The predicted molar refractivity (Wildman–Crippen MR) is 176 cm³/mol. The summed E-state index contributed by atoms with van der Waals surface area (Å²) in [4.78, 5) is 4.90. The molecule has 0 aliphatic rings. The normalized spacial score (nSPS) is 12.2. The van der Waals surface area contributed by atoms with Crippen molar-refractivity contribution in [3.63, 3.8) is 0 Å². The lowest BCUT2D eigenvalue weighted by Crippen LogP contribution is -1.94. The van der Waals surface area contributed by atoms with Crippen molar-refractivity contribution in [1.82, 2.24) is 9.55 Å². The smallest absolute Gasteiger partial charge is 0.228 e. The number of hydrogen-bond donors (Lipinski definition) is 0. The molecule has 0 fully saturated rings. The van der Waals surface area contributed by atoms with Crippen LogP contribution < -0.4 is 0 Å². The number of para-hydroxylation sites is 4. The van der Waals surface area contributed by atoms with Crippen LogP contribution in [0.2, 0.25) is 0 Å². The number of hydrogen-bond acceptors (Lipinski definition) is 3. The van der Waals surface area contributed by atoms with Gasteiger partial charge < -0.3 is 13.4 Å². The van der Waals surface area contributed by atoms with E-state index in [1.165, 1.54) is 21.5 Å². The van der Waals surface area contributed by atoms with Crippen LogP contribution >= 0.6 is 0 Å². The van der Waals surface area contributed by atoms with Gasteiger partial charge in [-0.15, -0.1) is 0 Å². The zero-order valence-electron chi connectivity index (χ0n) is 22.9. The van der Waals surface area contributed by atoms with Crippen molar-refractivity contribution in [3.8, 4) is 17.1 Å².